The summed E-state index contributed by atoms with van der Waals surface area (Å²) in [5.74, 6) is -0.0573. The molecule has 2 aromatic rings. The first kappa shape index (κ1) is 12.8. The smallest absolute Gasteiger partial charge is 0.250 e. The molecule has 0 saturated carbocycles. The van der Waals surface area contributed by atoms with Crippen LogP contribution in [0.25, 0.3) is 0 Å². The molecule has 0 aliphatic carbocycles. The zero-order chi connectivity index (χ0) is 13.1. The summed E-state index contributed by atoms with van der Waals surface area (Å²) in [5, 5.41) is 3.09. The van der Waals surface area contributed by atoms with Crippen molar-refractivity contribution >= 4 is 44.9 Å². The molecule has 0 fully saturated rings. The number of hydrogen-bond acceptors (Lipinski definition) is 4. The maximum Gasteiger partial charge on any atom is 0.250 e. The summed E-state index contributed by atoms with van der Waals surface area (Å²) in [6.07, 6.45) is 1.52. The molecular weight excluding hydrogens is 320 g/mol. The largest absolute Gasteiger partial charge is 0.366 e. The molecule has 0 unspecified atom stereocenters. The van der Waals surface area contributed by atoms with E-state index in [1.165, 1.54) is 6.20 Å². The summed E-state index contributed by atoms with van der Waals surface area (Å²) in [6.45, 7) is 0. The van der Waals surface area contributed by atoms with Gasteiger partial charge < -0.3 is 11.1 Å². The summed E-state index contributed by atoms with van der Waals surface area (Å²) in [7, 11) is 0. The molecule has 18 heavy (non-hydrogen) atoms. The average molecular weight is 328 g/mol. The highest BCUT2D eigenvalue weighted by molar-refractivity contribution is 9.10. The van der Waals surface area contributed by atoms with Crippen molar-refractivity contribution in [2.75, 3.05) is 5.32 Å². The van der Waals surface area contributed by atoms with E-state index in [0.29, 0.717) is 21.5 Å². The minimum absolute atomic E-state index is 0.109. The second-order valence-electron chi connectivity index (χ2n) is 3.37. The molecule has 1 heterocycles. The highest BCUT2D eigenvalue weighted by atomic mass is 79.9. The van der Waals surface area contributed by atoms with E-state index in [4.69, 9.17) is 17.3 Å². The van der Waals surface area contributed by atoms with Crippen molar-refractivity contribution in [2.45, 2.75) is 0 Å². The van der Waals surface area contributed by atoms with E-state index < -0.39 is 5.91 Å². The summed E-state index contributed by atoms with van der Waals surface area (Å²) >= 11 is 9.00. The van der Waals surface area contributed by atoms with Crippen molar-refractivity contribution < 1.29 is 4.79 Å². The van der Waals surface area contributed by atoms with Crippen LogP contribution in [0.4, 0.5) is 11.5 Å². The van der Waals surface area contributed by atoms with Gasteiger partial charge in [0.15, 0.2) is 0 Å². The van der Waals surface area contributed by atoms with Crippen LogP contribution in [0.15, 0.2) is 34.9 Å². The summed E-state index contributed by atoms with van der Waals surface area (Å²) in [6, 6.07) is 6.86. The number of carbonyl (C=O) groups is 1. The number of halogens is 2. The van der Waals surface area contributed by atoms with Gasteiger partial charge >= 0.3 is 0 Å². The van der Waals surface area contributed by atoms with Crippen LogP contribution in [-0.4, -0.2) is 15.9 Å². The van der Waals surface area contributed by atoms with Crippen molar-refractivity contribution in [3.05, 3.63) is 45.8 Å². The Labute approximate surface area is 117 Å². The molecule has 0 aliphatic heterocycles. The lowest BCUT2D eigenvalue weighted by atomic mass is 10.1. The summed E-state index contributed by atoms with van der Waals surface area (Å²) in [4.78, 5) is 19.1. The monoisotopic (exact) mass is 326 g/mol. The number of anilines is 2. The van der Waals surface area contributed by atoms with Gasteiger partial charge in [0.1, 0.15) is 5.82 Å². The minimum Gasteiger partial charge on any atom is -0.366 e. The van der Waals surface area contributed by atoms with E-state index in [1.807, 2.05) is 0 Å². The first-order chi connectivity index (χ1) is 8.58. The molecule has 3 N–H and O–H groups in total. The number of rotatable bonds is 3. The molecule has 5 nitrogen and oxygen atoms in total. The summed E-state index contributed by atoms with van der Waals surface area (Å²) in [5.41, 5.74) is 6.22. The molecule has 92 valence electrons. The number of primary amides is 1. The zero-order valence-electron chi connectivity index (χ0n) is 9.02. The van der Waals surface area contributed by atoms with Crippen molar-refractivity contribution in [1.29, 1.82) is 0 Å². The van der Waals surface area contributed by atoms with Crippen molar-refractivity contribution in [2.24, 2.45) is 5.73 Å². The number of amides is 1. The lowest BCUT2D eigenvalue weighted by Gasteiger charge is -2.10. The number of nitrogens with two attached hydrogens (primary N) is 1. The van der Waals surface area contributed by atoms with Crippen LogP contribution in [0.1, 0.15) is 10.4 Å². The van der Waals surface area contributed by atoms with Gasteiger partial charge in [-0.1, -0.05) is 12.1 Å². The SMILES string of the molecule is NC(=O)c1ccccc1Nc1nc(Cl)ncc1Br. The zero-order valence-corrected chi connectivity index (χ0v) is 11.4. The Balaban J connectivity index is 2.40. The van der Waals surface area contributed by atoms with Crippen LogP contribution in [0.2, 0.25) is 5.28 Å². The van der Waals surface area contributed by atoms with Crippen LogP contribution >= 0.6 is 27.5 Å². The van der Waals surface area contributed by atoms with Gasteiger partial charge in [0.2, 0.25) is 5.28 Å². The Hall–Kier alpha value is -1.66. The molecule has 0 bridgehead atoms. The van der Waals surface area contributed by atoms with Gasteiger partial charge in [-0.25, -0.2) is 4.98 Å². The highest BCUT2D eigenvalue weighted by Crippen LogP contribution is 2.25. The molecule has 0 saturated heterocycles. The fourth-order valence-corrected chi connectivity index (χ4v) is 1.79. The third-order valence-electron chi connectivity index (χ3n) is 2.16. The molecule has 0 radical (unpaired) electrons. The third kappa shape index (κ3) is 2.77. The normalized spacial score (nSPS) is 10.1. The Morgan fingerprint density at radius 3 is 2.83 bits per heavy atom. The number of benzene rings is 1. The maximum absolute atomic E-state index is 11.3. The quantitative estimate of drug-likeness (QED) is 0.849. The number of hydrogen-bond donors (Lipinski definition) is 2. The Bertz CT molecular complexity index is 605. The van der Waals surface area contributed by atoms with Crippen molar-refractivity contribution in [3.8, 4) is 0 Å². The molecular formula is C11H8BrClN4O. The van der Waals surface area contributed by atoms with Gasteiger partial charge in [0.25, 0.3) is 5.91 Å². The van der Waals surface area contributed by atoms with Crippen LogP contribution < -0.4 is 11.1 Å². The topological polar surface area (TPSA) is 80.9 Å². The molecule has 1 aromatic heterocycles. The van der Waals surface area contributed by atoms with Crippen LogP contribution in [-0.2, 0) is 0 Å². The molecule has 0 spiro atoms. The first-order valence-electron chi connectivity index (χ1n) is 4.92. The van der Waals surface area contributed by atoms with Gasteiger partial charge in [-0.3, -0.25) is 4.79 Å². The molecule has 1 amide bonds. The maximum atomic E-state index is 11.3. The van der Waals surface area contributed by atoms with Gasteiger partial charge in [-0.2, -0.15) is 4.98 Å². The van der Waals surface area contributed by atoms with Crippen molar-refractivity contribution in [1.82, 2.24) is 9.97 Å². The highest BCUT2D eigenvalue weighted by Gasteiger charge is 2.10. The average Bonchev–Trinajstić information content (AvgIpc) is 2.34. The van der Waals surface area contributed by atoms with E-state index in [2.05, 4.69) is 31.2 Å². The van der Waals surface area contributed by atoms with Crippen LogP contribution in [0.3, 0.4) is 0 Å². The van der Waals surface area contributed by atoms with E-state index in [0.717, 1.165) is 0 Å². The number of nitrogens with one attached hydrogen (secondary N) is 1. The summed E-state index contributed by atoms with van der Waals surface area (Å²) < 4.78 is 0.631. The van der Waals surface area contributed by atoms with Gasteiger partial charge in [0.05, 0.1) is 15.7 Å². The predicted octanol–water partition coefficient (Wildman–Crippen LogP) is 2.74. The predicted molar refractivity (Wildman–Crippen MR) is 73.0 cm³/mol. The van der Waals surface area contributed by atoms with Gasteiger partial charge in [-0.05, 0) is 39.7 Å². The fourth-order valence-electron chi connectivity index (χ4n) is 1.37. The van der Waals surface area contributed by atoms with Crippen molar-refractivity contribution in [3.63, 3.8) is 0 Å². The van der Waals surface area contributed by atoms with E-state index >= 15 is 0 Å². The molecule has 2 rings (SSSR count). The fraction of sp³-hybridized carbons (Fsp3) is 0. The number of nitrogens with zero attached hydrogens (tertiary/aromatic N) is 2. The Morgan fingerprint density at radius 1 is 1.39 bits per heavy atom. The van der Waals surface area contributed by atoms with E-state index in [-0.39, 0.29) is 5.28 Å². The molecule has 1 aromatic carbocycles. The third-order valence-corrected chi connectivity index (χ3v) is 2.92. The Kier molecular flexibility index (Phi) is 3.78. The van der Waals surface area contributed by atoms with Gasteiger partial charge in [0, 0.05) is 6.20 Å². The standard InChI is InChI=1S/C11H8BrClN4O/c12-7-5-15-11(13)17-10(7)16-8-4-2-1-3-6(8)9(14)18/h1-5H,(H2,14,18)(H,15,16,17). The van der Waals surface area contributed by atoms with Gasteiger partial charge in [-0.15, -0.1) is 0 Å². The second-order valence-corrected chi connectivity index (χ2v) is 4.56. The van der Waals surface area contributed by atoms with E-state index in [1.54, 1.807) is 24.3 Å². The first-order valence-corrected chi connectivity index (χ1v) is 6.09. The molecule has 0 atom stereocenters. The lowest BCUT2D eigenvalue weighted by Crippen LogP contribution is -2.13. The molecule has 0 aliphatic rings. The van der Waals surface area contributed by atoms with Crippen LogP contribution in [0, 0.1) is 0 Å². The van der Waals surface area contributed by atoms with Crippen LogP contribution in [0.5, 0.6) is 0 Å². The van der Waals surface area contributed by atoms with E-state index in [9.17, 15) is 4.79 Å². The minimum atomic E-state index is -0.519. The number of carbonyl (C=O) groups excluding carboxylic acids is 1. The second kappa shape index (κ2) is 5.32. The molecule has 7 heteroatoms. The lowest BCUT2D eigenvalue weighted by molar-refractivity contribution is 0.100. The Morgan fingerprint density at radius 2 is 2.11 bits per heavy atom. The number of aromatic nitrogens is 2. The number of para-hydroxylation sites is 1.